The molecule has 0 N–H and O–H groups in total. The van der Waals surface area contributed by atoms with Gasteiger partial charge in [-0.05, 0) is 43.4 Å². The maximum Gasteiger partial charge on any atom is 0.360 e. The van der Waals surface area contributed by atoms with Gasteiger partial charge in [-0.15, -0.1) is 0 Å². The zero-order valence-corrected chi connectivity index (χ0v) is 13.0. The summed E-state index contributed by atoms with van der Waals surface area (Å²) in [6.07, 6.45) is 5.69. The van der Waals surface area contributed by atoms with E-state index >= 15 is 0 Å². The number of esters is 1. The van der Waals surface area contributed by atoms with Crippen molar-refractivity contribution >= 4 is 5.97 Å². The molecule has 3 fully saturated rings. The van der Waals surface area contributed by atoms with Crippen molar-refractivity contribution in [2.75, 3.05) is 0 Å². The van der Waals surface area contributed by atoms with Crippen molar-refractivity contribution in [2.24, 2.45) is 16.7 Å². The molecule has 3 aliphatic rings. The highest BCUT2D eigenvalue weighted by Gasteiger charge is 2.62. The molecule has 4 nitrogen and oxygen atoms in total. The fraction of sp³-hybridized carbons (Fsp3) is 0.765. The molecule has 3 unspecified atom stereocenters. The number of rotatable bonds is 3. The summed E-state index contributed by atoms with van der Waals surface area (Å²) < 4.78 is 11.1. The average Bonchev–Trinajstić information content (AvgIpc) is 3.08. The largest absolute Gasteiger partial charge is 0.457 e. The van der Waals surface area contributed by atoms with Gasteiger partial charge in [0.25, 0.3) is 0 Å². The first-order valence-corrected chi connectivity index (χ1v) is 8.09. The molecule has 0 saturated heterocycles. The van der Waals surface area contributed by atoms with Gasteiger partial charge in [0.15, 0.2) is 5.69 Å². The van der Waals surface area contributed by atoms with Crippen LogP contribution in [-0.4, -0.2) is 17.2 Å². The van der Waals surface area contributed by atoms with Gasteiger partial charge in [0.1, 0.15) is 11.9 Å². The second-order valence-electron chi connectivity index (χ2n) is 7.89. The SMILES string of the molecule is CC1(C)C2CCC1(C)C(OC(=O)c1cc(C3CC3)on1)C2. The van der Waals surface area contributed by atoms with Gasteiger partial charge in [0, 0.05) is 17.4 Å². The second kappa shape index (κ2) is 4.11. The van der Waals surface area contributed by atoms with Gasteiger partial charge in [-0.25, -0.2) is 4.79 Å². The van der Waals surface area contributed by atoms with E-state index in [4.69, 9.17) is 9.26 Å². The Morgan fingerprint density at radius 3 is 2.67 bits per heavy atom. The average molecular weight is 289 g/mol. The molecule has 21 heavy (non-hydrogen) atoms. The van der Waals surface area contributed by atoms with Crippen molar-refractivity contribution in [1.82, 2.24) is 5.16 Å². The summed E-state index contributed by atoms with van der Waals surface area (Å²) in [5.41, 5.74) is 0.679. The Kier molecular flexibility index (Phi) is 2.61. The normalized spacial score (nSPS) is 36.9. The lowest BCUT2D eigenvalue weighted by Crippen LogP contribution is -2.38. The summed E-state index contributed by atoms with van der Waals surface area (Å²) in [5.74, 6) is 1.65. The molecule has 1 aromatic rings. The van der Waals surface area contributed by atoms with E-state index in [0.29, 0.717) is 17.5 Å². The number of nitrogens with zero attached hydrogens (tertiary/aromatic N) is 1. The highest BCUT2D eigenvalue weighted by Crippen LogP contribution is 2.66. The van der Waals surface area contributed by atoms with Crippen molar-refractivity contribution in [3.8, 4) is 0 Å². The molecule has 1 aromatic heterocycles. The van der Waals surface area contributed by atoms with E-state index in [1.165, 1.54) is 6.42 Å². The van der Waals surface area contributed by atoms with Crippen molar-refractivity contribution < 1.29 is 14.1 Å². The number of aromatic nitrogens is 1. The molecule has 3 atom stereocenters. The Hall–Kier alpha value is -1.32. The summed E-state index contributed by atoms with van der Waals surface area (Å²) in [4.78, 5) is 12.3. The summed E-state index contributed by atoms with van der Waals surface area (Å²) in [5, 5.41) is 3.89. The Morgan fingerprint density at radius 2 is 2.10 bits per heavy atom. The van der Waals surface area contributed by atoms with E-state index in [9.17, 15) is 4.79 Å². The van der Waals surface area contributed by atoms with Crippen LogP contribution in [0.25, 0.3) is 0 Å². The Labute approximate surface area is 125 Å². The quantitative estimate of drug-likeness (QED) is 0.791. The highest BCUT2D eigenvalue weighted by atomic mass is 16.6. The van der Waals surface area contributed by atoms with Gasteiger partial charge < -0.3 is 9.26 Å². The molecule has 0 amide bonds. The number of carbonyl (C=O) groups excluding carboxylic acids is 1. The van der Waals surface area contributed by atoms with Crippen LogP contribution < -0.4 is 0 Å². The van der Waals surface area contributed by atoms with Crippen LogP contribution in [0.4, 0.5) is 0 Å². The van der Waals surface area contributed by atoms with Crippen LogP contribution in [0.3, 0.4) is 0 Å². The number of hydrogen-bond donors (Lipinski definition) is 0. The fourth-order valence-electron chi connectivity index (χ4n) is 4.44. The fourth-order valence-corrected chi connectivity index (χ4v) is 4.44. The molecular formula is C17H23NO3. The van der Waals surface area contributed by atoms with Crippen LogP contribution in [-0.2, 0) is 4.74 Å². The van der Waals surface area contributed by atoms with Crippen LogP contribution >= 0.6 is 0 Å². The minimum absolute atomic E-state index is 0.0137. The van der Waals surface area contributed by atoms with E-state index in [0.717, 1.165) is 31.4 Å². The van der Waals surface area contributed by atoms with Gasteiger partial charge in [-0.2, -0.15) is 0 Å². The lowest BCUT2D eigenvalue weighted by Gasteiger charge is -2.38. The predicted molar refractivity (Wildman–Crippen MR) is 76.9 cm³/mol. The Morgan fingerprint density at radius 1 is 1.33 bits per heavy atom. The number of ether oxygens (including phenoxy) is 1. The lowest BCUT2D eigenvalue weighted by atomic mass is 9.70. The smallest absolute Gasteiger partial charge is 0.360 e. The predicted octanol–water partition coefficient (Wildman–Crippen LogP) is 3.92. The summed E-state index contributed by atoms with van der Waals surface area (Å²) in [6, 6.07) is 1.76. The molecule has 114 valence electrons. The third-order valence-corrected chi connectivity index (χ3v) is 6.68. The number of carbonyl (C=O) groups is 1. The van der Waals surface area contributed by atoms with Crippen molar-refractivity contribution in [1.29, 1.82) is 0 Å². The van der Waals surface area contributed by atoms with Crippen molar-refractivity contribution in [2.45, 2.75) is 64.9 Å². The number of hydrogen-bond acceptors (Lipinski definition) is 4. The number of fused-ring (bicyclic) bond motifs is 2. The maximum absolute atomic E-state index is 12.3. The molecule has 3 aliphatic carbocycles. The molecule has 1 heterocycles. The lowest BCUT2D eigenvalue weighted by molar-refractivity contribution is -0.0249. The van der Waals surface area contributed by atoms with Crippen LogP contribution in [0.5, 0.6) is 0 Å². The van der Waals surface area contributed by atoms with E-state index in [2.05, 4.69) is 25.9 Å². The third-order valence-electron chi connectivity index (χ3n) is 6.68. The molecule has 4 rings (SSSR count). The topological polar surface area (TPSA) is 52.3 Å². The summed E-state index contributed by atoms with van der Waals surface area (Å²) in [7, 11) is 0. The minimum Gasteiger partial charge on any atom is -0.457 e. The first-order chi connectivity index (χ1) is 9.92. The van der Waals surface area contributed by atoms with E-state index in [1.54, 1.807) is 6.07 Å². The first kappa shape index (κ1) is 13.4. The van der Waals surface area contributed by atoms with Gasteiger partial charge in [-0.1, -0.05) is 25.9 Å². The Balaban J connectivity index is 1.50. The van der Waals surface area contributed by atoms with Crippen molar-refractivity contribution in [3.63, 3.8) is 0 Å². The second-order valence-corrected chi connectivity index (χ2v) is 7.89. The molecule has 0 aromatic carbocycles. The van der Waals surface area contributed by atoms with Gasteiger partial charge in [-0.3, -0.25) is 0 Å². The van der Waals surface area contributed by atoms with Gasteiger partial charge in [0.05, 0.1) is 0 Å². The molecule has 4 heteroatoms. The third kappa shape index (κ3) is 1.80. The zero-order chi connectivity index (χ0) is 14.8. The van der Waals surface area contributed by atoms with Crippen molar-refractivity contribution in [3.05, 3.63) is 17.5 Å². The standard InChI is InChI=1S/C17H23NO3/c1-16(2)11-6-7-17(16,3)14(8-11)20-15(19)12-9-13(21-18-12)10-4-5-10/h9-11,14H,4-8H2,1-3H3. The van der Waals surface area contributed by atoms with E-state index < -0.39 is 0 Å². The van der Waals surface area contributed by atoms with Gasteiger partial charge in [0.2, 0.25) is 0 Å². The molecule has 0 aliphatic heterocycles. The van der Waals surface area contributed by atoms with E-state index in [1.807, 2.05) is 0 Å². The highest BCUT2D eigenvalue weighted by molar-refractivity contribution is 5.87. The maximum atomic E-state index is 12.3. The van der Waals surface area contributed by atoms with Gasteiger partial charge >= 0.3 is 5.97 Å². The Bertz CT molecular complexity index is 587. The van der Waals surface area contributed by atoms with Crippen LogP contribution in [0.1, 0.15) is 75.0 Å². The molecule has 0 radical (unpaired) electrons. The summed E-state index contributed by atoms with van der Waals surface area (Å²) >= 11 is 0. The summed E-state index contributed by atoms with van der Waals surface area (Å²) in [6.45, 7) is 6.91. The first-order valence-electron chi connectivity index (χ1n) is 8.09. The molecular weight excluding hydrogens is 266 g/mol. The van der Waals surface area contributed by atoms with Crippen LogP contribution in [0, 0.1) is 16.7 Å². The molecule has 2 bridgehead atoms. The van der Waals surface area contributed by atoms with E-state index in [-0.39, 0.29) is 22.9 Å². The molecule has 0 spiro atoms. The monoisotopic (exact) mass is 289 g/mol. The van der Waals surface area contributed by atoms with Crippen LogP contribution in [0.2, 0.25) is 0 Å². The zero-order valence-electron chi connectivity index (χ0n) is 13.0. The minimum atomic E-state index is -0.319. The molecule has 3 saturated carbocycles. The van der Waals surface area contributed by atoms with Crippen LogP contribution in [0.15, 0.2) is 10.6 Å².